The van der Waals surface area contributed by atoms with Crippen LogP contribution in [-0.2, 0) is 9.53 Å². The van der Waals surface area contributed by atoms with E-state index in [1.165, 1.54) is 7.11 Å². The minimum atomic E-state index is -0.730. The van der Waals surface area contributed by atoms with Gasteiger partial charge in [-0.15, -0.1) is 0 Å². The number of hydrogen-bond donors (Lipinski definition) is 2. The molecule has 2 atom stereocenters. The van der Waals surface area contributed by atoms with Crippen LogP contribution in [0.1, 0.15) is 60.1 Å². The van der Waals surface area contributed by atoms with E-state index in [0.717, 1.165) is 18.4 Å². The number of rotatable bonds is 8. The summed E-state index contributed by atoms with van der Waals surface area (Å²) in [6.07, 6.45) is 1.69. The minimum Gasteiger partial charge on any atom is -0.497 e. The molecule has 2 aromatic carbocycles. The van der Waals surface area contributed by atoms with Crippen LogP contribution in [0.2, 0.25) is 0 Å². The molecule has 0 saturated heterocycles. The van der Waals surface area contributed by atoms with Crippen molar-refractivity contribution >= 4 is 29.2 Å². The molecular formula is C28H29N5O5. The van der Waals surface area contributed by atoms with E-state index in [4.69, 9.17) is 14.5 Å². The Balaban J connectivity index is 1.63. The monoisotopic (exact) mass is 515 g/mol. The Morgan fingerprint density at radius 2 is 1.87 bits per heavy atom. The maximum absolute atomic E-state index is 13.2. The normalized spacial score (nSPS) is 18.1. The highest BCUT2D eigenvalue weighted by atomic mass is 16.5. The average Bonchev–Trinajstić information content (AvgIpc) is 3.76. The predicted molar refractivity (Wildman–Crippen MR) is 142 cm³/mol. The fourth-order valence-corrected chi connectivity index (χ4v) is 4.85. The summed E-state index contributed by atoms with van der Waals surface area (Å²) in [5.41, 5.74) is 7.33. The van der Waals surface area contributed by atoms with Gasteiger partial charge in [0.1, 0.15) is 17.5 Å². The zero-order chi connectivity index (χ0) is 26.8. The number of carbonyl (C=O) groups excluding carboxylic acids is 2. The Morgan fingerprint density at radius 1 is 1.11 bits per heavy atom. The molecule has 1 aromatic heterocycles. The van der Waals surface area contributed by atoms with Crippen LogP contribution in [0.4, 0.5) is 11.6 Å². The topological polar surface area (TPSA) is 124 Å². The summed E-state index contributed by atoms with van der Waals surface area (Å²) < 4.78 is 12.3. The molecule has 2 unspecified atom stereocenters. The number of aromatic nitrogens is 2. The zero-order valence-corrected chi connectivity index (χ0v) is 21.4. The van der Waals surface area contributed by atoms with E-state index in [9.17, 15) is 14.4 Å². The van der Waals surface area contributed by atoms with E-state index in [1.807, 2.05) is 30.3 Å². The van der Waals surface area contributed by atoms with Crippen molar-refractivity contribution in [2.75, 3.05) is 19.1 Å². The van der Waals surface area contributed by atoms with Gasteiger partial charge in [-0.05, 0) is 50.5 Å². The van der Waals surface area contributed by atoms with E-state index < -0.39 is 29.4 Å². The molecule has 10 nitrogen and oxygen atoms in total. The third-order valence-electron chi connectivity index (χ3n) is 6.75. The number of hydrazine groups is 1. The molecule has 1 fully saturated rings. The predicted octanol–water partition coefficient (Wildman–Crippen LogP) is 3.76. The Hall–Kier alpha value is -4.47. The molecule has 2 aliphatic rings. The smallest absolute Gasteiger partial charge is 0.351 e. The second-order valence-corrected chi connectivity index (χ2v) is 9.26. The first-order valence-corrected chi connectivity index (χ1v) is 12.6. The highest BCUT2D eigenvalue weighted by Gasteiger charge is 2.43. The van der Waals surface area contributed by atoms with Crippen LogP contribution in [0.15, 0.2) is 64.4 Å². The van der Waals surface area contributed by atoms with Crippen LogP contribution in [0.5, 0.6) is 5.75 Å². The summed E-state index contributed by atoms with van der Waals surface area (Å²) in [5, 5.41) is 0. The number of nitrogens with one attached hydrogen (secondary N) is 2. The van der Waals surface area contributed by atoms with Crippen LogP contribution >= 0.6 is 0 Å². The molecule has 38 heavy (non-hydrogen) atoms. The van der Waals surface area contributed by atoms with Gasteiger partial charge < -0.3 is 9.47 Å². The molecule has 2 N–H and O–H groups in total. The minimum absolute atomic E-state index is 0.00343. The largest absolute Gasteiger partial charge is 0.497 e. The first-order valence-electron chi connectivity index (χ1n) is 12.6. The van der Waals surface area contributed by atoms with E-state index in [-0.39, 0.29) is 18.5 Å². The zero-order valence-electron chi connectivity index (χ0n) is 21.4. The number of hydrogen-bond acceptors (Lipinski definition) is 8. The van der Waals surface area contributed by atoms with Crippen LogP contribution in [-0.4, -0.2) is 40.9 Å². The van der Waals surface area contributed by atoms with Crippen molar-refractivity contribution in [1.82, 2.24) is 15.0 Å². The van der Waals surface area contributed by atoms with Crippen molar-refractivity contribution in [3.05, 3.63) is 81.8 Å². The number of nitrogens with zero attached hydrogens (tertiary/aromatic N) is 3. The van der Waals surface area contributed by atoms with Crippen molar-refractivity contribution in [1.29, 1.82) is 0 Å². The number of esters is 1. The van der Waals surface area contributed by atoms with Crippen molar-refractivity contribution in [3.63, 3.8) is 0 Å². The summed E-state index contributed by atoms with van der Waals surface area (Å²) in [4.78, 5) is 48.4. The van der Waals surface area contributed by atoms with Gasteiger partial charge in [0, 0.05) is 28.8 Å². The number of fused-ring (bicyclic) bond motifs is 1. The number of anilines is 1. The molecule has 1 aliphatic carbocycles. The molecule has 1 aliphatic heterocycles. The molecule has 0 radical (unpaired) electrons. The van der Waals surface area contributed by atoms with Crippen LogP contribution in [0.25, 0.3) is 0 Å². The van der Waals surface area contributed by atoms with Gasteiger partial charge in [-0.2, -0.15) is 4.98 Å². The van der Waals surface area contributed by atoms with E-state index in [2.05, 4.69) is 15.8 Å². The second-order valence-electron chi connectivity index (χ2n) is 9.26. The lowest BCUT2D eigenvalue weighted by atomic mass is 9.76. The average molecular weight is 516 g/mol. The fourth-order valence-electron chi connectivity index (χ4n) is 4.85. The Labute approximate surface area is 219 Å². The van der Waals surface area contributed by atoms with Crippen LogP contribution < -0.4 is 21.3 Å². The number of amides is 1. The molecule has 1 amide bonds. The van der Waals surface area contributed by atoms with Gasteiger partial charge >= 0.3 is 11.7 Å². The van der Waals surface area contributed by atoms with Crippen LogP contribution in [0.3, 0.4) is 0 Å². The first kappa shape index (κ1) is 25.2. The second kappa shape index (κ2) is 10.5. The maximum atomic E-state index is 13.2. The third-order valence-corrected chi connectivity index (χ3v) is 6.75. The molecule has 0 bridgehead atoms. The lowest BCUT2D eigenvalue weighted by Crippen LogP contribution is -2.38. The van der Waals surface area contributed by atoms with Gasteiger partial charge in [-0.1, -0.05) is 36.4 Å². The Morgan fingerprint density at radius 3 is 2.55 bits per heavy atom. The van der Waals surface area contributed by atoms with Gasteiger partial charge in [-0.3, -0.25) is 25.0 Å². The molecule has 10 heteroatoms. The highest BCUT2D eigenvalue weighted by molar-refractivity contribution is 6.05. The fraction of sp³-hybridized carbons (Fsp3) is 0.321. The molecule has 196 valence electrons. The SMILES string of the molecule is CCOC(=O)C1C(C)=Nc2c(c(NNC(=O)c3cccc(OC)c3)nc(=O)n2C2CC2)C1c1ccccc1. The lowest BCUT2D eigenvalue weighted by Gasteiger charge is -2.33. The van der Waals surface area contributed by atoms with Gasteiger partial charge in [0.25, 0.3) is 5.91 Å². The van der Waals surface area contributed by atoms with Crippen molar-refractivity contribution in [2.45, 2.75) is 38.6 Å². The summed E-state index contributed by atoms with van der Waals surface area (Å²) in [6, 6.07) is 16.2. The molecule has 1 saturated carbocycles. The Kier molecular flexibility index (Phi) is 6.95. The van der Waals surface area contributed by atoms with Crippen LogP contribution in [0, 0.1) is 5.92 Å². The number of methoxy groups -OCH3 is 1. The maximum Gasteiger partial charge on any atom is 0.351 e. The van der Waals surface area contributed by atoms with Gasteiger partial charge in [0.2, 0.25) is 0 Å². The quantitative estimate of drug-likeness (QED) is 0.346. The van der Waals surface area contributed by atoms with Crippen molar-refractivity contribution in [3.8, 4) is 5.75 Å². The van der Waals surface area contributed by atoms with Gasteiger partial charge in [-0.25, -0.2) is 9.79 Å². The molecular weight excluding hydrogens is 486 g/mol. The number of carbonyl (C=O) groups is 2. The lowest BCUT2D eigenvalue weighted by molar-refractivity contribution is -0.146. The van der Waals surface area contributed by atoms with Crippen molar-refractivity contribution < 1.29 is 19.1 Å². The summed E-state index contributed by atoms with van der Waals surface area (Å²) in [6.45, 7) is 3.75. The molecule has 5 rings (SSSR count). The van der Waals surface area contributed by atoms with E-state index in [1.54, 1.807) is 42.7 Å². The van der Waals surface area contributed by atoms with Gasteiger partial charge in [0.15, 0.2) is 5.82 Å². The van der Waals surface area contributed by atoms with Crippen molar-refractivity contribution in [2.24, 2.45) is 10.9 Å². The third kappa shape index (κ3) is 4.77. The van der Waals surface area contributed by atoms with E-state index in [0.29, 0.717) is 28.4 Å². The molecule has 2 heterocycles. The number of benzene rings is 2. The standard InChI is InChI=1S/C28H29N5O5/c1-4-38-27(35)21-16(2)29-25-23(22(21)17-9-6-5-7-10-17)24(30-28(36)33(25)19-13-14-19)31-32-26(34)18-11-8-12-20(15-18)37-3/h5-12,15,19,21-22H,4,13-14H2,1-3H3,(H,32,34)(H,30,31,36). The summed E-state index contributed by atoms with van der Waals surface area (Å²) in [5.74, 6) is -1.02. The number of ether oxygens (including phenoxy) is 2. The Bertz CT molecular complexity index is 1460. The summed E-state index contributed by atoms with van der Waals surface area (Å²) >= 11 is 0. The van der Waals surface area contributed by atoms with E-state index >= 15 is 0 Å². The van der Waals surface area contributed by atoms with Gasteiger partial charge in [0.05, 0.1) is 13.7 Å². The molecule has 3 aromatic rings. The first-order chi connectivity index (χ1) is 18.4. The number of aliphatic imine (C=N–C) groups is 1. The molecule has 0 spiro atoms. The highest BCUT2D eigenvalue weighted by Crippen LogP contribution is 2.48. The summed E-state index contributed by atoms with van der Waals surface area (Å²) in [7, 11) is 1.52.